The molecule has 2 aromatic heterocycles. The number of anilines is 2. The molecule has 5 aromatic rings. The molecule has 5 heterocycles. The minimum Gasteiger partial charge on any atom is -0.489 e. The van der Waals surface area contributed by atoms with Crippen LogP contribution < -0.4 is 24.4 Å². The molecule has 2 saturated carbocycles. The van der Waals surface area contributed by atoms with Crippen LogP contribution in [0.4, 0.5) is 21.5 Å². The lowest BCUT2D eigenvalue weighted by Gasteiger charge is -2.56. The summed E-state index contributed by atoms with van der Waals surface area (Å²) in [5, 5.41) is 25.7. The Morgan fingerprint density at radius 2 is 1.82 bits per heavy atom. The number of nitro benzene ring substituents is 1. The number of nitro groups is 1. The van der Waals surface area contributed by atoms with Gasteiger partial charge in [0.2, 0.25) is 0 Å². The van der Waals surface area contributed by atoms with Crippen molar-refractivity contribution in [2.75, 3.05) is 36.5 Å². The highest BCUT2D eigenvalue weighted by Crippen LogP contribution is 2.54. The summed E-state index contributed by atoms with van der Waals surface area (Å²) in [6.45, 7) is 7.39. The fraction of sp³-hybridized carbons (Fsp3) is 0.469. The Kier molecular flexibility index (Phi) is 11.7. The van der Waals surface area contributed by atoms with Gasteiger partial charge in [-0.25, -0.2) is 22.5 Å². The van der Waals surface area contributed by atoms with Crippen LogP contribution in [0.5, 0.6) is 17.2 Å². The number of hydrogen-bond donors (Lipinski definition) is 4. The Balaban J connectivity index is 0.865. The van der Waals surface area contributed by atoms with Gasteiger partial charge in [0.25, 0.3) is 21.6 Å². The predicted octanol–water partition coefficient (Wildman–Crippen LogP) is 8.95. The number of fused-ring (bicyclic) bond motifs is 2. The van der Waals surface area contributed by atoms with Gasteiger partial charge in [-0.3, -0.25) is 19.8 Å². The van der Waals surface area contributed by atoms with Gasteiger partial charge in [0.15, 0.2) is 11.4 Å². The number of sulfonamides is 1. The highest BCUT2D eigenvalue weighted by atomic mass is 32.2. The molecule has 2 atom stereocenters. The van der Waals surface area contributed by atoms with E-state index in [1.54, 1.807) is 12.1 Å². The van der Waals surface area contributed by atoms with Crippen molar-refractivity contribution in [1.82, 2.24) is 19.6 Å². The van der Waals surface area contributed by atoms with Crippen molar-refractivity contribution >= 4 is 44.0 Å². The number of rotatable bonds is 11. The molecule has 2 saturated heterocycles. The van der Waals surface area contributed by atoms with Crippen LogP contribution in [0.1, 0.15) is 112 Å². The van der Waals surface area contributed by atoms with Crippen molar-refractivity contribution in [3.63, 3.8) is 0 Å². The topological polar surface area (TPSA) is 192 Å². The highest BCUT2D eigenvalue weighted by Gasteiger charge is 2.50. The van der Waals surface area contributed by atoms with E-state index in [9.17, 15) is 32.8 Å². The number of likely N-dealkylation sites (tertiary alicyclic amines) is 1. The summed E-state index contributed by atoms with van der Waals surface area (Å²) in [4.78, 5) is 37.2. The molecule has 0 unspecified atom stereocenters. The fourth-order valence-corrected chi connectivity index (χ4v) is 12.4. The first kappa shape index (κ1) is 44.1. The molecule has 10 rings (SSSR count). The largest absolute Gasteiger partial charge is 0.489 e. The maximum absolute atomic E-state index is 14.6. The van der Waals surface area contributed by atoms with E-state index in [1.807, 2.05) is 0 Å². The van der Waals surface area contributed by atoms with Gasteiger partial charge in [-0.05, 0) is 117 Å². The molecule has 2 aliphatic carbocycles. The Morgan fingerprint density at radius 1 is 1.05 bits per heavy atom. The van der Waals surface area contributed by atoms with Crippen LogP contribution in [0.2, 0.25) is 0 Å². The third kappa shape index (κ3) is 8.45. The van der Waals surface area contributed by atoms with Crippen LogP contribution in [0, 0.1) is 27.3 Å². The van der Waals surface area contributed by atoms with Crippen LogP contribution in [0.15, 0.2) is 78.0 Å². The first-order valence-corrected chi connectivity index (χ1v) is 24.7. The molecule has 17 heteroatoms. The molecule has 5 aliphatic rings. The van der Waals surface area contributed by atoms with Gasteiger partial charge in [0, 0.05) is 55.3 Å². The number of ether oxygens (including phenoxy) is 2. The van der Waals surface area contributed by atoms with E-state index < -0.39 is 37.3 Å². The number of amides is 1. The summed E-state index contributed by atoms with van der Waals surface area (Å²) >= 11 is 0. The van der Waals surface area contributed by atoms with Gasteiger partial charge in [0.05, 0.1) is 39.1 Å². The lowest BCUT2D eigenvalue weighted by Crippen LogP contribution is -2.54. The number of nitrogens with zero attached hydrogens (tertiary/aromatic N) is 4. The van der Waals surface area contributed by atoms with E-state index in [-0.39, 0.29) is 64.0 Å². The molecule has 15 nitrogen and oxygen atoms in total. The zero-order valence-electron chi connectivity index (χ0n) is 37.2. The molecule has 348 valence electrons. The quantitative estimate of drug-likeness (QED) is 0.0728. The summed E-state index contributed by atoms with van der Waals surface area (Å²) in [6.07, 6.45) is 11.6. The Labute approximate surface area is 383 Å². The molecule has 1 amide bonds. The van der Waals surface area contributed by atoms with Gasteiger partial charge < -0.3 is 29.8 Å². The number of pyridine rings is 1. The molecule has 4 N–H and O–H groups in total. The van der Waals surface area contributed by atoms with Crippen LogP contribution in [0.3, 0.4) is 0 Å². The average molecular weight is 922 g/mol. The first-order chi connectivity index (χ1) is 31.7. The second kappa shape index (κ2) is 17.5. The smallest absolute Gasteiger partial charge is 0.297 e. The number of benzene rings is 3. The predicted molar refractivity (Wildman–Crippen MR) is 247 cm³/mol. The lowest BCUT2D eigenvalue weighted by atomic mass is 9.59. The average Bonchev–Trinajstić information content (AvgIpc) is 3.94. The van der Waals surface area contributed by atoms with Crippen molar-refractivity contribution in [3.05, 3.63) is 106 Å². The normalized spacial score (nSPS) is 23.3. The van der Waals surface area contributed by atoms with E-state index in [4.69, 9.17) is 9.47 Å². The summed E-state index contributed by atoms with van der Waals surface area (Å²) in [5.41, 5.74) is 3.69. The van der Waals surface area contributed by atoms with Crippen molar-refractivity contribution in [2.45, 2.75) is 113 Å². The second-order valence-electron chi connectivity index (χ2n) is 19.4. The molecule has 1 spiro atoms. The van der Waals surface area contributed by atoms with Crippen molar-refractivity contribution < 1.29 is 37.1 Å². The SMILES string of the molecule is CC(C)c1ccccc1[C@H]1CCCN1C1CC2(CCN(c3ccc(C(=O)NS(=O)(=O)c4cc5c(c([N+](=O)[O-])c4)N[C@@H]([C@H]4CC[C@@H](O)CC4)CO5)c(Oc4cnc5[nH]cc(F)c5c4)c3)CC2)C1. The maximum atomic E-state index is 14.6. The minimum absolute atomic E-state index is 0.0215. The number of piperidine rings is 1. The van der Waals surface area contributed by atoms with Crippen LogP contribution >= 0.6 is 0 Å². The van der Waals surface area contributed by atoms with Gasteiger partial charge in [0.1, 0.15) is 29.6 Å². The molecule has 0 radical (unpaired) electrons. The summed E-state index contributed by atoms with van der Waals surface area (Å²) < 4.78 is 56.8. The number of hydrogen-bond acceptors (Lipinski definition) is 12. The Hall–Kier alpha value is -5.78. The molecular weight excluding hydrogens is 866 g/mol. The molecule has 0 bridgehead atoms. The molecular formula is C49H56FN7O8S. The number of carbonyl (C=O) groups excluding carboxylic acids is 1. The van der Waals surface area contributed by atoms with E-state index in [1.165, 1.54) is 54.6 Å². The molecule has 4 fully saturated rings. The van der Waals surface area contributed by atoms with Crippen molar-refractivity contribution in [1.29, 1.82) is 0 Å². The zero-order chi connectivity index (χ0) is 45.9. The summed E-state index contributed by atoms with van der Waals surface area (Å²) in [7, 11) is -4.71. The standard InChI is InChI=1S/C49H56FN7O8S/c1-29(2)36-6-3-4-7-37(36)42-8-5-17-56(42)32-24-49(25-32)15-18-55(19-16-49)31-11-14-38(44(20-31)65-34-21-39-40(50)27-52-47(39)51-26-34)48(59)54-66(62,63)35-22-43(57(60)61)46-45(23-35)64-28-41(53-46)30-9-12-33(58)13-10-30/h3-4,6-7,11,14,20-23,26-27,29-30,32-33,41-42,53,58H,5,8-10,12-13,15-19,24-25,28H2,1-2H3,(H,51,52)(H,54,59)/t30-,33+,41-,42-/m1/s1. The van der Waals surface area contributed by atoms with Gasteiger partial charge >= 0.3 is 0 Å². The van der Waals surface area contributed by atoms with Crippen LogP contribution in [0.25, 0.3) is 11.0 Å². The summed E-state index contributed by atoms with van der Waals surface area (Å²) in [6, 6.07) is 18.1. The number of carbonyl (C=O) groups is 1. The Bertz CT molecular complexity index is 2780. The lowest BCUT2D eigenvalue weighted by molar-refractivity contribution is -0.384. The van der Waals surface area contributed by atoms with Crippen molar-refractivity contribution in [2.24, 2.45) is 11.3 Å². The zero-order valence-corrected chi connectivity index (χ0v) is 38.0. The number of halogens is 1. The van der Waals surface area contributed by atoms with E-state index >= 15 is 0 Å². The third-order valence-corrected chi connectivity index (χ3v) is 16.3. The van der Waals surface area contributed by atoms with Gasteiger partial charge in [-0.15, -0.1) is 0 Å². The Morgan fingerprint density at radius 3 is 2.58 bits per heavy atom. The number of aliphatic hydroxyl groups is 1. The van der Waals surface area contributed by atoms with Crippen molar-refractivity contribution in [3.8, 4) is 17.2 Å². The van der Waals surface area contributed by atoms with Crippen LogP contribution in [-0.2, 0) is 10.0 Å². The minimum atomic E-state index is -4.71. The van der Waals surface area contributed by atoms with E-state index in [0.29, 0.717) is 36.5 Å². The molecule has 3 aliphatic heterocycles. The van der Waals surface area contributed by atoms with Gasteiger partial charge in [-0.1, -0.05) is 38.1 Å². The maximum Gasteiger partial charge on any atom is 0.297 e. The number of aliphatic hydroxyl groups excluding tert-OH is 1. The molecule has 66 heavy (non-hydrogen) atoms. The van der Waals surface area contributed by atoms with E-state index in [2.05, 4.69) is 67.9 Å². The monoisotopic (exact) mass is 921 g/mol. The first-order valence-electron chi connectivity index (χ1n) is 23.3. The fourth-order valence-electron chi connectivity index (χ4n) is 11.4. The van der Waals surface area contributed by atoms with Crippen LogP contribution in [-0.4, -0.2) is 83.7 Å². The number of aromatic amines is 1. The highest BCUT2D eigenvalue weighted by molar-refractivity contribution is 7.90. The summed E-state index contributed by atoms with van der Waals surface area (Å²) in [5.74, 6) is -0.860. The number of nitrogens with one attached hydrogen (secondary N) is 3. The third-order valence-electron chi connectivity index (χ3n) is 15.0. The second-order valence-corrected chi connectivity index (χ2v) is 21.0. The van der Waals surface area contributed by atoms with E-state index in [0.717, 1.165) is 69.9 Å². The van der Waals surface area contributed by atoms with Gasteiger partial charge in [-0.2, -0.15) is 0 Å². The molecule has 3 aromatic carbocycles. The number of H-pyrrole nitrogens is 1. The number of aromatic nitrogens is 2.